The predicted molar refractivity (Wildman–Crippen MR) is 76.4 cm³/mol. The lowest BCUT2D eigenvalue weighted by Crippen LogP contribution is -2.28. The molecule has 1 fully saturated rings. The lowest BCUT2D eigenvalue weighted by molar-refractivity contribution is -0.393. The highest BCUT2D eigenvalue weighted by Crippen LogP contribution is 2.34. The summed E-state index contributed by atoms with van der Waals surface area (Å²) >= 11 is 0. The van der Waals surface area contributed by atoms with Crippen LogP contribution in [0.3, 0.4) is 0 Å². The van der Waals surface area contributed by atoms with Gasteiger partial charge >= 0.3 is 0 Å². The summed E-state index contributed by atoms with van der Waals surface area (Å²) in [6, 6.07) is 3.67. The minimum atomic E-state index is -0.774. The summed E-state index contributed by atoms with van der Waals surface area (Å²) in [5.41, 5.74) is -0.981. The molecule has 0 bridgehead atoms. The molecule has 0 aliphatic carbocycles. The Kier molecular flexibility index (Phi) is 4.08. The fourth-order valence-corrected chi connectivity index (χ4v) is 2.54. The van der Waals surface area contributed by atoms with E-state index < -0.39 is 15.4 Å². The lowest BCUT2D eigenvalue weighted by atomic mass is 9.98. The molecule has 0 spiro atoms. The molecular weight excluding hydrogens is 278 g/mol. The van der Waals surface area contributed by atoms with Crippen LogP contribution in [0.1, 0.15) is 26.2 Å². The van der Waals surface area contributed by atoms with Crippen LogP contribution >= 0.6 is 0 Å². The highest BCUT2D eigenvalue weighted by atomic mass is 16.6. The summed E-state index contributed by atoms with van der Waals surface area (Å²) in [6.45, 7) is 2.81. The van der Waals surface area contributed by atoms with Crippen LogP contribution in [0.2, 0.25) is 0 Å². The highest BCUT2D eigenvalue weighted by Gasteiger charge is 2.29. The average molecular weight is 295 g/mol. The third kappa shape index (κ3) is 3.46. The van der Waals surface area contributed by atoms with Gasteiger partial charge < -0.3 is 10.0 Å². The van der Waals surface area contributed by atoms with Crippen molar-refractivity contribution in [3.05, 3.63) is 38.4 Å². The standard InChI is InChI=1S/C13H17N3O5/c1-13(17)5-2-7-14(8-6-13)11-4-3-10(15(18)19)9-12(11)16(20)21/h3-4,9,17H,2,5-8H2,1H3. The first-order valence-corrected chi connectivity index (χ1v) is 6.70. The summed E-state index contributed by atoms with van der Waals surface area (Å²) in [4.78, 5) is 22.5. The molecule has 0 radical (unpaired) electrons. The molecule has 21 heavy (non-hydrogen) atoms. The Morgan fingerprint density at radius 3 is 2.52 bits per heavy atom. The van der Waals surface area contributed by atoms with Gasteiger partial charge in [0.2, 0.25) is 0 Å². The van der Waals surface area contributed by atoms with Gasteiger partial charge in [-0.15, -0.1) is 0 Å². The van der Waals surface area contributed by atoms with Crippen LogP contribution in [0, 0.1) is 20.2 Å². The van der Waals surface area contributed by atoms with E-state index in [-0.39, 0.29) is 11.4 Å². The molecule has 1 atom stereocenters. The summed E-state index contributed by atoms with van der Waals surface area (Å²) < 4.78 is 0. The number of hydrogen-bond acceptors (Lipinski definition) is 6. The minimum absolute atomic E-state index is 0.272. The first-order chi connectivity index (χ1) is 9.80. The molecule has 1 N–H and O–H groups in total. The number of nitro groups is 2. The zero-order chi connectivity index (χ0) is 15.6. The summed E-state index contributed by atoms with van der Waals surface area (Å²) in [7, 11) is 0. The van der Waals surface area contributed by atoms with Gasteiger partial charge in [-0.1, -0.05) is 0 Å². The van der Waals surface area contributed by atoms with E-state index in [0.717, 1.165) is 6.07 Å². The van der Waals surface area contributed by atoms with Crippen molar-refractivity contribution in [2.45, 2.75) is 31.8 Å². The summed E-state index contributed by atoms with van der Waals surface area (Å²) in [5.74, 6) is 0. The third-order valence-corrected chi connectivity index (χ3v) is 3.77. The molecule has 8 heteroatoms. The van der Waals surface area contributed by atoms with Crippen molar-refractivity contribution in [1.29, 1.82) is 0 Å². The molecule has 1 aromatic carbocycles. The molecule has 1 aliphatic rings. The number of nitro benzene ring substituents is 2. The van der Waals surface area contributed by atoms with Crippen LogP contribution in [0.15, 0.2) is 18.2 Å². The van der Waals surface area contributed by atoms with Gasteiger partial charge in [-0.05, 0) is 32.3 Å². The molecular formula is C13H17N3O5. The van der Waals surface area contributed by atoms with Crippen molar-refractivity contribution in [2.75, 3.05) is 18.0 Å². The van der Waals surface area contributed by atoms with Crippen LogP contribution in [0.5, 0.6) is 0 Å². The first kappa shape index (κ1) is 15.2. The van der Waals surface area contributed by atoms with E-state index in [2.05, 4.69) is 0 Å². The van der Waals surface area contributed by atoms with Gasteiger partial charge in [-0.25, -0.2) is 0 Å². The van der Waals surface area contributed by atoms with Crippen molar-refractivity contribution < 1.29 is 15.0 Å². The van der Waals surface area contributed by atoms with E-state index in [1.54, 1.807) is 6.92 Å². The average Bonchev–Trinajstić information content (AvgIpc) is 2.59. The molecule has 1 saturated heterocycles. The quantitative estimate of drug-likeness (QED) is 0.676. The number of aliphatic hydroxyl groups is 1. The number of anilines is 1. The topological polar surface area (TPSA) is 110 Å². The van der Waals surface area contributed by atoms with Crippen LogP contribution in [-0.4, -0.2) is 33.6 Å². The van der Waals surface area contributed by atoms with Crippen molar-refractivity contribution in [1.82, 2.24) is 0 Å². The SMILES string of the molecule is CC1(O)CCCN(c2ccc([N+](=O)[O-])cc2[N+](=O)[O-])CC1. The Morgan fingerprint density at radius 2 is 1.90 bits per heavy atom. The minimum Gasteiger partial charge on any atom is -0.390 e. The van der Waals surface area contributed by atoms with Crippen molar-refractivity contribution in [2.24, 2.45) is 0 Å². The number of benzene rings is 1. The second-order valence-corrected chi connectivity index (χ2v) is 5.52. The molecule has 8 nitrogen and oxygen atoms in total. The van der Waals surface area contributed by atoms with E-state index in [1.165, 1.54) is 12.1 Å². The van der Waals surface area contributed by atoms with Crippen LogP contribution in [0.4, 0.5) is 17.1 Å². The molecule has 1 unspecified atom stereocenters. The number of nitrogens with zero attached hydrogens (tertiary/aromatic N) is 3. The number of rotatable bonds is 3. The summed E-state index contributed by atoms with van der Waals surface area (Å²) in [6.07, 6.45) is 1.84. The zero-order valence-corrected chi connectivity index (χ0v) is 11.7. The van der Waals surface area contributed by atoms with Gasteiger partial charge in [0.25, 0.3) is 11.4 Å². The number of non-ortho nitro benzene ring substituents is 1. The molecule has 2 rings (SSSR count). The van der Waals surface area contributed by atoms with E-state index in [9.17, 15) is 25.3 Å². The van der Waals surface area contributed by atoms with Gasteiger partial charge in [0, 0.05) is 19.2 Å². The van der Waals surface area contributed by atoms with Gasteiger partial charge in [0.05, 0.1) is 21.5 Å². The zero-order valence-electron chi connectivity index (χ0n) is 11.7. The lowest BCUT2D eigenvalue weighted by Gasteiger charge is -2.23. The predicted octanol–water partition coefficient (Wildman–Crippen LogP) is 2.24. The molecule has 1 heterocycles. The largest absolute Gasteiger partial charge is 0.390 e. The molecule has 1 aliphatic heterocycles. The Bertz CT molecular complexity index is 573. The molecule has 114 valence electrons. The van der Waals surface area contributed by atoms with E-state index >= 15 is 0 Å². The Morgan fingerprint density at radius 1 is 1.19 bits per heavy atom. The highest BCUT2D eigenvalue weighted by molar-refractivity contribution is 5.66. The maximum Gasteiger partial charge on any atom is 0.299 e. The molecule has 1 aromatic rings. The van der Waals surface area contributed by atoms with Crippen LogP contribution < -0.4 is 4.90 Å². The van der Waals surface area contributed by atoms with Gasteiger partial charge in [0.15, 0.2) is 0 Å². The van der Waals surface area contributed by atoms with Crippen molar-refractivity contribution in [3.63, 3.8) is 0 Å². The molecule has 0 saturated carbocycles. The fourth-order valence-electron chi connectivity index (χ4n) is 2.54. The van der Waals surface area contributed by atoms with Crippen molar-refractivity contribution in [3.8, 4) is 0 Å². The Hall–Kier alpha value is -2.22. The third-order valence-electron chi connectivity index (χ3n) is 3.77. The van der Waals surface area contributed by atoms with E-state index in [4.69, 9.17) is 0 Å². The van der Waals surface area contributed by atoms with Gasteiger partial charge in [0.1, 0.15) is 5.69 Å². The smallest absolute Gasteiger partial charge is 0.299 e. The second kappa shape index (κ2) is 5.65. The summed E-state index contributed by atoms with van der Waals surface area (Å²) in [5, 5.41) is 32.0. The normalized spacial score (nSPS) is 22.7. The van der Waals surface area contributed by atoms with Crippen LogP contribution in [-0.2, 0) is 0 Å². The van der Waals surface area contributed by atoms with E-state index in [0.29, 0.717) is 38.0 Å². The number of hydrogen-bond donors (Lipinski definition) is 1. The van der Waals surface area contributed by atoms with Gasteiger partial charge in [-0.3, -0.25) is 20.2 Å². The maximum atomic E-state index is 11.2. The first-order valence-electron chi connectivity index (χ1n) is 6.70. The fraction of sp³-hybridized carbons (Fsp3) is 0.538. The Labute approximate surface area is 121 Å². The molecule has 0 amide bonds. The second-order valence-electron chi connectivity index (χ2n) is 5.52. The maximum absolute atomic E-state index is 11.2. The van der Waals surface area contributed by atoms with E-state index in [1.807, 2.05) is 4.90 Å². The van der Waals surface area contributed by atoms with Gasteiger partial charge in [-0.2, -0.15) is 0 Å². The van der Waals surface area contributed by atoms with Crippen LogP contribution in [0.25, 0.3) is 0 Å². The monoisotopic (exact) mass is 295 g/mol. The molecule has 0 aromatic heterocycles. The Balaban J connectivity index is 2.34. The van der Waals surface area contributed by atoms with Crippen molar-refractivity contribution >= 4 is 17.1 Å².